The Hall–Kier alpha value is -1.22. The van der Waals surface area contributed by atoms with E-state index in [0.717, 1.165) is 6.07 Å². The molecule has 0 aromatic heterocycles. The van der Waals surface area contributed by atoms with Crippen molar-refractivity contribution < 1.29 is 8.78 Å². The van der Waals surface area contributed by atoms with Crippen LogP contribution in [0.4, 0.5) is 8.78 Å². The lowest BCUT2D eigenvalue weighted by molar-refractivity contribution is 0.576. The smallest absolute Gasteiger partial charge is 0.133 e. The molecule has 0 radical (unpaired) electrons. The largest absolute Gasteiger partial charge is 0.316 e. The van der Waals surface area contributed by atoms with Gasteiger partial charge in [-0.1, -0.05) is 12.2 Å². The summed E-state index contributed by atoms with van der Waals surface area (Å²) >= 11 is 0. The van der Waals surface area contributed by atoms with Gasteiger partial charge in [-0.05, 0) is 25.6 Å². The topological polar surface area (TPSA) is 12.0 Å². The molecule has 0 saturated carbocycles. The van der Waals surface area contributed by atoms with Crippen LogP contribution in [-0.4, -0.2) is 13.6 Å². The number of rotatable bonds is 3. The first-order chi connectivity index (χ1) is 6.65. The first kappa shape index (κ1) is 10.9. The quantitative estimate of drug-likeness (QED) is 0.785. The van der Waals surface area contributed by atoms with E-state index in [1.807, 2.05) is 0 Å². The monoisotopic (exact) mass is 197 g/mol. The van der Waals surface area contributed by atoms with Gasteiger partial charge in [0.25, 0.3) is 0 Å². The third-order valence-electron chi connectivity index (χ3n) is 1.90. The van der Waals surface area contributed by atoms with Gasteiger partial charge < -0.3 is 5.32 Å². The molecular formula is C11H13F2N. The Morgan fingerprint density at radius 1 is 1.29 bits per heavy atom. The molecule has 0 aliphatic carbocycles. The van der Waals surface area contributed by atoms with E-state index in [1.165, 1.54) is 6.07 Å². The predicted molar refractivity (Wildman–Crippen MR) is 54.1 cm³/mol. The number of benzene rings is 1. The van der Waals surface area contributed by atoms with Crippen LogP contribution in [0.3, 0.4) is 0 Å². The van der Waals surface area contributed by atoms with Gasteiger partial charge in [-0.3, -0.25) is 0 Å². The molecule has 1 aromatic rings. The molecule has 0 aliphatic rings. The molecule has 1 rings (SSSR count). The van der Waals surface area contributed by atoms with Crippen LogP contribution in [0, 0.1) is 18.6 Å². The first-order valence-electron chi connectivity index (χ1n) is 4.42. The van der Waals surface area contributed by atoms with Gasteiger partial charge in [0.05, 0.1) is 0 Å². The number of hydrogen-bond donors (Lipinski definition) is 1. The SMILES string of the molecule is CNCC=Cc1cc(C)c(F)cc1F. The Morgan fingerprint density at radius 2 is 2.00 bits per heavy atom. The standard InChI is InChI=1S/C11H13F2N/c1-8-6-9(4-3-5-14-2)11(13)7-10(8)12/h3-4,6-7,14H,5H2,1-2H3. The van der Waals surface area contributed by atoms with Gasteiger partial charge in [0, 0.05) is 18.2 Å². The van der Waals surface area contributed by atoms with E-state index < -0.39 is 11.6 Å². The lowest BCUT2D eigenvalue weighted by Gasteiger charge is -2.00. The highest BCUT2D eigenvalue weighted by Crippen LogP contribution is 2.15. The third-order valence-corrected chi connectivity index (χ3v) is 1.90. The Balaban J connectivity index is 2.92. The van der Waals surface area contributed by atoms with Crippen molar-refractivity contribution in [2.24, 2.45) is 0 Å². The normalized spacial score (nSPS) is 11.1. The van der Waals surface area contributed by atoms with Crippen molar-refractivity contribution in [2.75, 3.05) is 13.6 Å². The van der Waals surface area contributed by atoms with Crippen LogP contribution < -0.4 is 5.32 Å². The fourth-order valence-corrected chi connectivity index (χ4v) is 1.11. The molecule has 1 nitrogen and oxygen atoms in total. The summed E-state index contributed by atoms with van der Waals surface area (Å²) in [4.78, 5) is 0. The van der Waals surface area contributed by atoms with Crippen molar-refractivity contribution in [3.05, 3.63) is 41.0 Å². The van der Waals surface area contributed by atoms with Gasteiger partial charge in [-0.2, -0.15) is 0 Å². The summed E-state index contributed by atoms with van der Waals surface area (Å²) in [6.45, 7) is 2.28. The average molecular weight is 197 g/mol. The molecular weight excluding hydrogens is 184 g/mol. The van der Waals surface area contributed by atoms with Crippen molar-refractivity contribution >= 4 is 6.08 Å². The van der Waals surface area contributed by atoms with Gasteiger partial charge in [0.15, 0.2) is 0 Å². The van der Waals surface area contributed by atoms with E-state index in [-0.39, 0.29) is 0 Å². The molecule has 0 heterocycles. The molecule has 0 bridgehead atoms. The summed E-state index contributed by atoms with van der Waals surface area (Å²) in [5, 5.41) is 2.90. The van der Waals surface area contributed by atoms with Gasteiger partial charge in [-0.25, -0.2) is 8.78 Å². The van der Waals surface area contributed by atoms with Crippen LogP contribution in [-0.2, 0) is 0 Å². The van der Waals surface area contributed by atoms with E-state index >= 15 is 0 Å². The van der Waals surface area contributed by atoms with E-state index in [1.54, 1.807) is 26.1 Å². The Kier molecular flexibility index (Phi) is 3.77. The molecule has 1 N–H and O–H groups in total. The van der Waals surface area contributed by atoms with Crippen LogP contribution in [0.15, 0.2) is 18.2 Å². The Bertz CT molecular complexity index is 345. The van der Waals surface area contributed by atoms with Crippen LogP contribution in [0.25, 0.3) is 6.08 Å². The zero-order valence-corrected chi connectivity index (χ0v) is 8.27. The summed E-state index contributed by atoms with van der Waals surface area (Å²) in [5.74, 6) is -1.03. The minimum atomic E-state index is -0.527. The maximum Gasteiger partial charge on any atom is 0.133 e. The molecule has 0 amide bonds. The third kappa shape index (κ3) is 2.64. The van der Waals surface area contributed by atoms with Crippen LogP contribution >= 0.6 is 0 Å². The first-order valence-corrected chi connectivity index (χ1v) is 4.42. The Morgan fingerprint density at radius 3 is 2.64 bits per heavy atom. The summed E-state index contributed by atoms with van der Waals surface area (Å²) in [6, 6.07) is 2.41. The highest BCUT2D eigenvalue weighted by atomic mass is 19.1. The Labute approximate surface area is 82.4 Å². The molecule has 0 fully saturated rings. The second kappa shape index (κ2) is 4.86. The summed E-state index contributed by atoms with van der Waals surface area (Å²) in [7, 11) is 1.80. The maximum atomic E-state index is 13.1. The molecule has 76 valence electrons. The van der Waals surface area contributed by atoms with Crippen molar-refractivity contribution in [3.63, 3.8) is 0 Å². The van der Waals surface area contributed by atoms with E-state index in [2.05, 4.69) is 5.32 Å². The van der Waals surface area contributed by atoms with E-state index in [0.29, 0.717) is 17.7 Å². The minimum absolute atomic E-state index is 0.416. The predicted octanol–water partition coefficient (Wildman–Crippen LogP) is 2.51. The van der Waals surface area contributed by atoms with Crippen LogP contribution in [0.5, 0.6) is 0 Å². The molecule has 0 aliphatic heterocycles. The molecule has 0 saturated heterocycles. The van der Waals surface area contributed by atoms with Crippen molar-refractivity contribution in [1.82, 2.24) is 5.32 Å². The van der Waals surface area contributed by atoms with E-state index in [9.17, 15) is 8.78 Å². The van der Waals surface area contributed by atoms with Gasteiger partial charge in [-0.15, -0.1) is 0 Å². The second-order valence-corrected chi connectivity index (χ2v) is 3.08. The molecule has 0 unspecified atom stereocenters. The van der Waals surface area contributed by atoms with Crippen LogP contribution in [0.2, 0.25) is 0 Å². The number of likely N-dealkylation sites (N-methyl/N-ethyl adjacent to an activating group) is 1. The number of aryl methyl sites for hydroxylation is 1. The molecule has 14 heavy (non-hydrogen) atoms. The number of nitrogens with one attached hydrogen (secondary N) is 1. The van der Waals surface area contributed by atoms with Crippen molar-refractivity contribution in [3.8, 4) is 0 Å². The zero-order chi connectivity index (χ0) is 10.6. The van der Waals surface area contributed by atoms with Crippen LogP contribution in [0.1, 0.15) is 11.1 Å². The van der Waals surface area contributed by atoms with Gasteiger partial charge in [0.1, 0.15) is 11.6 Å². The van der Waals surface area contributed by atoms with E-state index in [4.69, 9.17) is 0 Å². The average Bonchev–Trinajstić information content (AvgIpc) is 2.14. The molecule has 0 atom stereocenters. The lowest BCUT2D eigenvalue weighted by Crippen LogP contribution is -2.03. The molecule has 3 heteroatoms. The summed E-state index contributed by atoms with van der Waals surface area (Å²) in [6.07, 6.45) is 3.42. The van der Waals surface area contributed by atoms with Crippen molar-refractivity contribution in [1.29, 1.82) is 0 Å². The maximum absolute atomic E-state index is 13.1. The minimum Gasteiger partial charge on any atom is -0.316 e. The molecule has 0 spiro atoms. The fourth-order valence-electron chi connectivity index (χ4n) is 1.11. The zero-order valence-electron chi connectivity index (χ0n) is 8.27. The fraction of sp³-hybridized carbons (Fsp3) is 0.273. The second-order valence-electron chi connectivity index (χ2n) is 3.08. The summed E-state index contributed by atoms with van der Waals surface area (Å²) in [5.41, 5.74) is 0.870. The lowest BCUT2D eigenvalue weighted by atomic mass is 10.1. The van der Waals surface area contributed by atoms with Gasteiger partial charge >= 0.3 is 0 Å². The summed E-state index contributed by atoms with van der Waals surface area (Å²) < 4.78 is 26.0. The molecule has 1 aromatic carbocycles. The van der Waals surface area contributed by atoms with Gasteiger partial charge in [0.2, 0.25) is 0 Å². The van der Waals surface area contributed by atoms with Crippen molar-refractivity contribution in [2.45, 2.75) is 6.92 Å². The highest BCUT2D eigenvalue weighted by Gasteiger charge is 2.03. The number of hydrogen-bond acceptors (Lipinski definition) is 1. The highest BCUT2D eigenvalue weighted by molar-refractivity contribution is 5.51. The number of halogens is 2.